The number of nitrogens with two attached hydrogens (primary N) is 1. The Bertz CT molecular complexity index is 584. The minimum Gasteiger partial charge on any atom is -0.496 e. The fraction of sp³-hybridized carbons (Fsp3) is 0.533. The highest BCUT2D eigenvalue weighted by atomic mass is 16.7. The topological polar surface area (TPSA) is 80.0 Å². The van der Waals surface area contributed by atoms with Crippen LogP contribution in [-0.4, -0.2) is 38.5 Å². The maximum atomic E-state index is 11.9. The molecule has 7 heteroatoms. The van der Waals surface area contributed by atoms with Gasteiger partial charge >= 0.3 is 13.1 Å². The highest BCUT2D eigenvalue weighted by Gasteiger charge is 2.52. The Labute approximate surface area is 131 Å². The summed E-state index contributed by atoms with van der Waals surface area (Å²) in [4.78, 5) is 11.9. The minimum absolute atomic E-state index is 0.281. The molecule has 0 bridgehead atoms. The lowest BCUT2D eigenvalue weighted by Crippen LogP contribution is -2.41. The third-order valence-corrected chi connectivity index (χ3v) is 4.32. The predicted molar refractivity (Wildman–Crippen MR) is 84.5 cm³/mol. The summed E-state index contributed by atoms with van der Waals surface area (Å²) in [5, 5.41) is 0. The molecule has 1 aliphatic heterocycles. The van der Waals surface area contributed by atoms with Crippen molar-refractivity contribution < 1.29 is 23.6 Å². The van der Waals surface area contributed by atoms with Gasteiger partial charge in [0.15, 0.2) is 0 Å². The van der Waals surface area contributed by atoms with Crippen molar-refractivity contribution in [3.8, 4) is 5.75 Å². The Morgan fingerprint density at radius 1 is 1.14 bits per heavy atom. The molecule has 0 unspecified atom stereocenters. The Balaban J connectivity index is 2.47. The summed E-state index contributed by atoms with van der Waals surface area (Å²) in [7, 11) is 2.13. The summed E-state index contributed by atoms with van der Waals surface area (Å²) in [6, 6.07) is 3.18. The van der Waals surface area contributed by atoms with E-state index in [0.29, 0.717) is 16.9 Å². The van der Waals surface area contributed by atoms with Gasteiger partial charge in [0.05, 0.1) is 25.4 Å². The largest absolute Gasteiger partial charge is 0.496 e. The molecule has 0 saturated carbocycles. The minimum atomic E-state index is -0.653. The molecule has 1 fully saturated rings. The highest BCUT2D eigenvalue weighted by molar-refractivity contribution is 6.64. The van der Waals surface area contributed by atoms with Crippen molar-refractivity contribution in [3.63, 3.8) is 0 Å². The molecule has 120 valence electrons. The summed E-state index contributed by atoms with van der Waals surface area (Å²) in [6.45, 7) is 7.81. The van der Waals surface area contributed by atoms with E-state index in [1.165, 1.54) is 14.2 Å². The molecule has 0 radical (unpaired) electrons. The van der Waals surface area contributed by atoms with Crippen LogP contribution in [0, 0.1) is 0 Å². The van der Waals surface area contributed by atoms with Crippen LogP contribution in [0.15, 0.2) is 12.1 Å². The molecule has 0 aliphatic carbocycles. The quantitative estimate of drug-likeness (QED) is 0.516. The molecule has 1 heterocycles. The number of carbonyl (C=O) groups is 1. The Kier molecular flexibility index (Phi) is 4.15. The summed E-state index contributed by atoms with van der Waals surface area (Å²) in [6.07, 6.45) is 0. The van der Waals surface area contributed by atoms with Gasteiger partial charge in [0.2, 0.25) is 0 Å². The van der Waals surface area contributed by atoms with Gasteiger partial charge in [-0.1, -0.05) is 0 Å². The number of hydrogen-bond acceptors (Lipinski definition) is 6. The fourth-order valence-electron chi connectivity index (χ4n) is 2.22. The lowest BCUT2D eigenvalue weighted by molar-refractivity contribution is 0.00578. The number of methoxy groups -OCH3 is 2. The van der Waals surface area contributed by atoms with Gasteiger partial charge in [-0.2, -0.15) is 0 Å². The van der Waals surface area contributed by atoms with Gasteiger partial charge in [-0.3, -0.25) is 0 Å². The van der Waals surface area contributed by atoms with E-state index in [9.17, 15) is 4.79 Å². The van der Waals surface area contributed by atoms with Gasteiger partial charge in [0.1, 0.15) is 11.3 Å². The second-order valence-corrected chi connectivity index (χ2v) is 6.26. The highest BCUT2D eigenvalue weighted by Crippen LogP contribution is 2.37. The Hall–Kier alpha value is -1.73. The lowest BCUT2D eigenvalue weighted by atomic mass is 9.77. The third kappa shape index (κ3) is 2.66. The molecule has 0 atom stereocenters. The normalized spacial score (nSPS) is 19.1. The van der Waals surface area contributed by atoms with Gasteiger partial charge in [-0.05, 0) is 33.8 Å². The average molecular weight is 307 g/mol. The van der Waals surface area contributed by atoms with Gasteiger partial charge in [0, 0.05) is 17.2 Å². The maximum Gasteiger partial charge on any atom is 0.496 e. The number of anilines is 1. The van der Waals surface area contributed by atoms with Crippen LogP contribution >= 0.6 is 0 Å². The zero-order valence-corrected chi connectivity index (χ0v) is 13.9. The Morgan fingerprint density at radius 2 is 1.68 bits per heavy atom. The van der Waals surface area contributed by atoms with Gasteiger partial charge in [-0.15, -0.1) is 0 Å². The first-order chi connectivity index (χ1) is 10.1. The SMILES string of the molecule is COC(=O)c1cc(B2OC(C)(C)C(C)(C)O2)c(N)cc1OC. The molecule has 6 nitrogen and oxygen atoms in total. The van der Waals surface area contributed by atoms with Gasteiger partial charge in [0.25, 0.3) is 0 Å². The third-order valence-electron chi connectivity index (χ3n) is 4.32. The van der Waals surface area contributed by atoms with E-state index in [4.69, 9.17) is 24.5 Å². The zero-order chi connectivity index (χ0) is 16.7. The van der Waals surface area contributed by atoms with E-state index in [-0.39, 0.29) is 5.56 Å². The lowest BCUT2D eigenvalue weighted by Gasteiger charge is -2.32. The van der Waals surface area contributed by atoms with Crippen molar-refractivity contribution in [2.75, 3.05) is 20.0 Å². The number of benzene rings is 1. The van der Waals surface area contributed by atoms with Crippen molar-refractivity contribution in [1.82, 2.24) is 0 Å². The van der Waals surface area contributed by atoms with E-state index in [1.807, 2.05) is 27.7 Å². The molecule has 1 aromatic rings. The van der Waals surface area contributed by atoms with Gasteiger partial charge in [-0.25, -0.2) is 4.79 Å². The maximum absolute atomic E-state index is 11.9. The van der Waals surface area contributed by atoms with Crippen molar-refractivity contribution in [3.05, 3.63) is 17.7 Å². The molecule has 1 aliphatic rings. The van der Waals surface area contributed by atoms with Crippen molar-refractivity contribution in [1.29, 1.82) is 0 Å². The van der Waals surface area contributed by atoms with E-state index >= 15 is 0 Å². The zero-order valence-electron chi connectivity index (χ0n) is 13.9. The van der Waals surface area contributed by atoms with E-state index in [1.54, 1.807) is 12.1 Å². The van der Waals surface area contributed by atoms with Gasteiger partial charge < -0.3 is 24.5 Å². The number of ether oxygens (including phenoxy) is 2. The number of rotatable bonds is 3. The van der Waals surface area contributed by atoms with Crippen LogP contribution in [0.5, 0.6) is 5.75 Å². The van der Waals surface area contributed by atoms with Crippen molar-refractivity contribution >= 4 is 24.2 Å². The van der Waals surface area contributed by atoms with Crippen LogP contribution in [0.25, 0.3) is 0 Å². The first kappa shape index (κ1) is 16.6. The van der Waals surface area contributed by atoms with Crippen LogP contribution in [0.4, 0.5) is 5.69 Å². The Morgan fingerprint density at radius 3 is 2.14 bits per heavy atom. The van der Waals surface area contributed by atoms with Crippen LogP contribution in [0.2, 0.25) is 0 Å². The second kappa shape index (κ2) is 5.48. The summed E-state index contributed by atoms with van der Waals surface area (Å²) < 4.78 is 21.9. The predicted octanol–water partition coefficient (Wildman–Crippen LogP) is 1.36. The molecule has 2 rings (SSSR count). The molecule has 2 N–H and O–H groups in total. The number of nitrogen functional groups attached to an aromatic ring is 1. The van der Waals surface area contributed by atoms with Crippen LogP contribution in [0.3, 0.4) is 0 Å². The number of esters is 1. The number of carbonyl (C=O) groups excluding carboxylic acids is 1. The summed E-state index contributed by atoms with van der Waals surface area (Å²) >= 11 is 0. The second-order valence-electron chi connectivity index (χ2n) is 6.26. The van der Waals surface area contributed by atoms with Crippen molar-refractivity contribution in [2.24, 2.45) is 0 Å². The first-order valence-corrected chi connectivity index (χ1v) is 7.04. The molecular formula is C15H22BNO5. The van der Waals surface area contributed by atoms with E-state index in [2.05, 4.69) is 0 Å². The fourth-order valence-corrected chi connectivity index (χ4v) is 2.22. The molecule has 1 saturated heterocycles. The van der Waals surface area contributed by atoms with Crippen LogP contribution < -0.4 is 15.9 Å². The number of hydrogen-bond donors (Lipinski definition) is 1. The molecule has 0 aromatic heterocycles. The van der Waals surface area contributed by atoms with E-state index in [0.717, 1.165) is 0 Å². The molecule has 0 amide bonds. The van der Waals surface area contributed by atoms with Crippen molar-refractivity contribution in [2.45, 2.75) is 38.9 Å². The molecule has 1 aromatic carbocycles. The standard InChI is InChI=1S/C15H22BNO5/c1-14(2)15(3,4)22-16(21-14)10-7-9(13(18)20-6)12(19-5)8-11(10)17/h7-8H,17H2,1-6H3. The monoisotopic (exact) mass is 307 g/mol. The molecular weight excluding hydrogens is 285 g/mol. The first-order valence-electron chi connectivity index (χ1n) is 7.04. The molecule has 0 spiro atoms. The summed E-state index contributed by atoms with van der Waals surface area (Å²) in [5.41, 5.74) is 6.39. The van der Waals surface area contributed by atoms with Crippen LogP contribution in [0.1, 0.15) is 38.1 Å². The molecule has 22 heavy (non-hydrogen) atoms. The smallest absolute Gasteiger partial charge is 0.496 e. The van der Waals surface area contributed by atoms with Crippen LogP contribution in [-0.2, 0) is 14.0 Å². The van der Waals surface area contributed by atoms with E-state index < -0.39 is 24.3 Å². The average Bonchev–Trinajstić information content (AvgIpc) is 2.65. The summed E-state index contributed by atoms with van der Waals surface area (Å²) in [5.74, 6) is -0.153.